The zero-order valence-corrected chi connectivity index (χ0v) is 10.7. The van der Waals surface area contributed by atoms with E-state index in [1.165, 1.54) is 19.3 Å². The molecular weight excluding hydrogens is 215 g/mol. The molecule has 2 rings (SSSR count). The lowest BCUT2D eigenvalue weighted by molar-refractivity contribution is 0.571. The van der Waals surface area contributed by atoms with E-state index in [2.05, 4.69) is 4.90 Å². The number of rotatable bonds is 2. The molecule has 0 amide bonds. The van der Waals surface area contributed by atoms with E-state index in [0.717, 1.165) is 24.3 Å². The molecule has 1 heterocycles. The summed E-state index contributed by atoms with van der Waals surface area (Å²) in [5, 5.41) is 0. The lowest BCUT2D eigenvalue weighted by Gasteiger charge is -2.31. The lowest BCUT2D eigenvalue weighted by atomic mass is 10.0. The summed E-state index contributed by atoms with van der Waals surface area (Å²) in [6.45, 7) is 5.85. The molecule has 0 aliphatic carbocycles. The predicted molar refractivity (Wildman–Crippen MR) is 69.8 cm³/mol. The third-order valence-electron chi connectivity index (χ3n) is 3.50. The van der Waals surface area contributed by atoms with E-state index in [9.17, 15) is 4.39 Å². The molecule has 1 aromatic carbocycles. The van der Waals surface area contributed by atoms with E-state index < -0.39 is 0 Å². The highest BCUT2D eigenvalue weighted by molar-refractivity contribution is 5.57. The van der Waals surface area contributed by atoms with Crippen molar-refractivity contribution in [1.82, 2.24) is 0 Å². The summed E-state index contributed by atoms with van der Waals surface area (Å²) in [7, 11) is 0. The maximum atomic E-state index is 13.6. The lowest BCUT2D eigenvalue weighted by Crippen LogP contribution is -2.31. The number of aryl methyl sites for hydroxylation is 1. The van der Waals surface area contributed by atoms with Gasteiger partial charge in [0.2, 0.25) is 0 Å². The van der Waals surface area contributed by atoms with Gasteiger partial charge in [0.25, 0.3) is 0 Å². The fourth-order valence-corrected chi connectivity index (χ4v) is 2.46. The van der Waals surface area contributed by atoms with Crippen LogP contribution in [0.5, 0.6) is 0 Å². The van der Waals surface area contributed by atoms with Gasteiger partial charge in [-0.1, -0.05) is 0 Å². The third kappa shape index (κ3) is 2.60. The molecule has 1 saturated heterocycles. The summed E-state index contributed by atoms with van der Waals surface area (Å²) in [5.74, 6) is -0.155. The van der Waals surface area contributed by atoms with Gasteiger partial charge in [0.1, 0.15) is 5.82 Å². The Hall–Kier alpha value is -1.09. The van der Waals surface area contributed by atoms with Crippen molar-refractivity contribution in [2.24, 2.45) is 5.73 Å². The van der Waals surface area contributed by atoms with Gasteiger partial charge in [-0.05, 0) is 56.4 Å². The Labute approximate surface area is 103 Å². The average Bonchev–Trinajstić information content (AvgIpc) is 2.33. The van der Waals surface area contributed by atoms with Crippen LogP contribution in [0.3, 0.4) is 0 Å². The van der Waals surface area contributed by atoms with Gasteiger partial charge in [-0.25, -0.2) is 4.39 Å². The molecule has 1 aliphatic heterocycles. The van der Waals surface area contributed by atoms with E-state index in [-0.39, 0.29) is 11.9 Å². The molecule has 1 fully saturated rings. The van der Waals surface area contributed by atoms with Gasteiger partial charge >= 0.3 is 0 Å². The number of anilines is 1. The number of halogens is 1. The molecule has 0 aromatic heterocycles. The molecule has 0 unspecified atom stereocenters. The van der Waals surface area contributed by atoms with Crippen molar-refractivity contribution in [3.8, 4) is 0 Å². The van der Waals surface area contributed by atoms with Crippen molar-refractivity contribution in [2.75, 3.05) is 18.0 Å². The molecular formula is C14H21FN2. The maximum absolute atomic E-state index is 13.6. The zero-order chi connectivity index (χ0) is 12.4. The molecule has 0 saturated carbocycles. The number of nitrogens with two attached hydrogens (primary N) is 1. The van der Waals surface area contributed by atoms with E-state index in [0.29, 0.717) is 5.56 Å². The van der Waals surface area contributed by atoms with Crippen LogP contribution in [0.4, 0.5) is 10.1 Å². The summed E-state index contributed by atoms with van der Waals surface area (Å²) in [6.07, 6.45) is 3.73. The Kier molecular flexibility index (Phi) is 3.67. The quantitative estimate of drug-likeness (QED) is 0.854. The molecule has 2 nitrogen and oxygen atoms in total. The van der Waals surface area contributed by atoms with Crippen molar-refractivity contribution in [3.05, 3.63) is 29.1 Å². The molecule has 0 radical (unpaired) electrons. The maximum Gasteiger partial charge on any atom is 0.126 e. The highest BCUT2D eigenvalue weighted by Gasteiger charge is 2.18. The molecule has 0 bridgehead atoms. The molecule has 3 heteroatoms. The van der Waals surface area contributed by atoms with Crippen LogP contribution in [0.15, 0.2) is 12.1 Å². The minimum Gasteiger partial charge on any atom is -0.371 e. The fraction of sp³-hybridized carbons (Fsp3) is 0.571. The van der Waals surface area contributed by atoms with Gasteiger partial charge < -0.3 is 10.6 Å². The van der Waals surface area contributed by atoms with Crippen LogP contribution in [0.25, 0.3) is 0 Å². The van der Waals surface area contributed by atoms with E-state index in [1.54, 1.807) is 6.07 Å². The third-order valence-corrected chi connectivity index (χ3v) is 3.50. The van der Waals surface area contributed by atoms with E-state index >= 15 is 0 Å². The van der Waals surface area contributed by atoms with Gasteiger partial charge in [0.05, 0.1) is 0 Å². The normalized spacial score (nSPS) is 18.2. The second-order valence-electron chi connectivity index (χ2n) is 5.00. The monoisotopic (exact) mass is 236 g/mol. The number of hydrogen-bond donors (Lipinski definition) is 1. The topological polar surface area (TPSA) is 29.3 Å². The van der Waals surface area contributed by atoms with Gasteiger partial charge in [-0.3, -0.25) is 0 Å². The first-order valence-electron chi connectivity index (χ1n) is 6.40. The van der Waals surface area contributed by atoms with E-state index in [4.69, 9.17) is 5.73 Å². The van der Waals surface area contributed by atoms with Crippen LogP contribution in [0.2, 0.25) is 0 Å². The molecule has 94 valence electrons. The zero-order valence-electron chi connectivity index (χ0n) is 10.7. The summed E-state index contributed by atoms with van der Waals surface area (Å²) in [4.78, 5) is 2.34. The fourth-order valence-electron chi connectivity index (χ4n) is 2.46. The Morgan fingerprint density at radius 3 is 2.47 bits per heavy atom. The van der Waals surface area contributed by atoms with Crippen LogP contribution in [0.1, 0.15) is 43.4 Å². The van der Waals surface area contributed by atoms with Crippen LogP contribution < -0.4 is 10.6 Å². The average molecular weight is 236 g/mol. The Balaban J connectivity index is 2.39. The summed E-state index contributed by atoms with van der Waals surface area (Å²) >= 11 is 0. The van der Waals surface area contributed by atoms with Crippen molar-refractivity contribution >= 4 is 5.69 Å². The minimum absolute atomic E-state index is 0.123. The standard InChI is InChI=1S/C14H21FN2/c1-10-8-14(17-6-4-3-5-7-17)12(11(2)16)9-13(10)15/h8-9,11H,3-7,16H2,1-2H3/t11-/m0/s1. The molecule has 2 N–H and O–H groups in total. The number of piperidine rings is 1. The van der Waals surface area contributed by atoms with Crippen LogP contribution in [0, 0.1) is 12.7 Å². The predicted octanol–water partition coefficient (Wildman–Crippen LogP) is 3.14. The van der Waals surface area contributed by atoms with Crippen LogP contribution in [-0.4, -0.2) is 13.1 Å². The molecule has 1 atom stereocenters. The Morgan fingerprint density at radius 2 is 1.88 bits per heavy atom. The van der Waals surface area contributed by atoms with Crippen molar-refractivity contribution in [3.63, 3.8) is 0 Å². The SMILES string of the molecule is Cc1cc(N2CCCCC2)c([C@H](C)N)cc1F. The summed E-state index contributed by atoms with van der Waals surface area (Å²) in [5.41, 5.74) is 8.70. The van der Waals surface area contributed by atoms with Crippen molar-refractivity contribution in [1.29, 1.82) is 0 Å². The number of benzene rings is 1. The number of nitrogens with zero attached hydrogens (tertiary/aromatic N) is 1. The van der Waals surface area contributed by atoms with Gasteiger partial charge in [-0.15, -0.1) is 0 Å². The van der Waals surface area contributed by atoms with Crippen LogP contribution >= 0.6 is 0 Å². The van der Waals surface area contributed by atoms with Crippen molar-refractivity contribution in [2.45, 2.75) is 39.2 Å². The second-order valence-corrected chi connectivity index (χ2v) is 5.00. The van der Waals surface area contributed by atoms with Gasteiger partial charge in [0, 0.05) is 24.8 Å². The van der Waals surface area contributed by atoms with Gasteiger partial charge in [0.15, 0.2) is 0 Å². The van der Waals surface area contributed by atoms with Crippen LogP contribution in [-0.2, 0) is 0 Å². The highest BCUT2D eigenvalue weighted by Crippen LogP contribution is 2.30. The first-order valence-corrected chi connectivity index (χ1v) is 6.40. The summed E-state index contributed by atoms with van der Waals surface area (Å²) in [6, 6.07) is 3.42. The molecule has 1 aromatic rings. The Morgan fingerprint density at radius 1 is 1.24 bits per heavy atom. The first kappa shape index (κ1) is 12.4. The largest absolute Gasteiger partial charge is 0.371 e. The number of hydrogen-bond acceptors (Lipinski definition) is 2. The Bertz CT molecular complexity index is 395. The minimum atomic E-state index is -0.155. The second kappa shape index (κ2) is 5.05. The smallest absolute Gasteiger partial charge is 0.126 e. The van der Waals surface area contributed by atoms with Crippen molar-refractivity contribution < 1.29 is 4.39 Å². The molecule has 1 aliphatic rings. The molecule has 17 heavy (non-hydrogen) atoms. The summed E-state index contributed by atoms with van der Waals surface area (Å²) < 4.78 is 13.6. The highest BCUT2D eigenvalue weighted by atomic mass is 19.1. The molecule has 0 spiro atoms. The first-order chi connectivity index (χ1) is 8.09. The van der Waals surface area contributed by atoms with Gasteiger partial charge in [-0.2, -0.15) is 0 Å². The van der Waals surface area contributed by atoms with E-state index in [1.807, 2.05) is 19.9 Å².